The average molecular weight is 269 g/mol. The van der Waals surface area contributed by atoms with Crippen molar-refractivity contribution < 1.29 is 18.3 Å². The van der Waals surface area contributed by atoms with Crippen LogP contribution in [0.4, 0.5) is 8.78 Å². The van der Waals surface area contributed by atoms with E-state index >= 15 is 0 Å². The van der Waals surface area contributed by atoms with Crippen LogP contribution in [0.25, 0.3) is 0 Å². The van der Waals surface area contributed by atoms with Crippen LogP contribution in [-0.4, -0.2) is 36.9 Å². The highest BCUT2D eigenvalue weighted by Crippen LogP contribution is 2.27. The molecule has 3 nitrogen and oxygen atoms in total. The number of hydrogen-bond acceptors (Lipinski definition) is 2. The Morgan fingerprint density at radius 2 is 2.11 bits per heavy atom. The number of benzene rings is 1. The predicted molar refractivity (Wildman–Crippen MR) is 67.9 cm³/mol. The van der Waals surface area contributed by atoms with Crippen molar-refractivity contribution in [2.75, 3.05) is 19.7 Å². The summed E-state index contributed by atoms with van der Waals surface area (Å²) >= 11 is 0. The van der Waals surface area contributed by atoms with Gasteiger partial charge in [-0.25, -0.2) is 8.78 Å². The molecule has 1 aliphatic heterocycles. The Labute approximate surface area is 111 Å². The number of carbonyl (C=O) groups is 1. The summed E-state index contributed by atoms with van der Waals surface area (Å²) < 4.78 is 30.4. The number of hydrogen-bond donors (Lipinski definition) is 0. The molecule has 5 heteroatoms. The molecule has 0 saturated heterocycles. The van der Waals surface area contributed by atoms with Crippen LogP contribution >= 0.6 is 0 Å². The number of ether oxygens (including phenoxy) is 1. The molecule has 0 N–H and O–H groups in total. The summed E-state index contributed by atoms with van der Waals surface area (Å²) in [5.74, 6) is 0.367. The number of halogens is 2. The quantitative estimate of drug-likeness (QED) is 0.844. The normalized spacial score (nSPS) is 15.5. The Hall–Kier alpha value is -1.65. The maximum atomic E-state index is 12.5. The molecule has 2 rings (SSSR count). The lowest BCUT2D eigenvalue weighted by Gasteiger charge is -2.19. The van der Waals surface area contributed by atoms with Gasteiger partial charge in [-0.2, -0.15) is 0 Å². The summed E-state index contributed by atoms with van der Waals surface area (Å²) in [5.41, 5.74) is 1.37. The summed E-state index contributed by atoms with van der Waals surface area (Å²) in [6, 6.07) is 5.39. The monoisotopic (exact) mass is 269 g/mol. The van der Waals surface area contributed by atoms with E-state index < -0.39 is 13.0 Å². The third-order valence-corrected chi connectivity index (χ3v) is 3.17. The van der Waals surface area contributed by atoms with Crippen molar-refractivity contribution in [1.82, 2.24) is 4.90 Å². The SMILES string of the molecule is CC(C)c1ccc2c(c1)C(=O)N(CC(F)F)CCO2. The fraction of sp³-hybridized carbons (Fsp3) is 0.500. The van der Waals surface area contributed by atoms with E-state index in [9.17, 15) is 13.6 Å². The lowest BCUT2D eigenvalue weighted by molar-refractivity contribution is 0.0548. The first kappa shape index (κ1) is 13.8. The van der Waals surface area contributed by atoms with E-state index in [4.69, 9.17) is 4.74 Å². The topological polar surface area (TPSA) is 29.5 Å². The smallest absolute Gasteiger partial charge is 0.257 e. The number of rotatable bonds is 3. The number of fused-ring (bicyclic) bond motifs is 1. The van der Waals surface area contributed by atoms with Crippen LogP contribution in [0.5, 0.6) is 5.75 Å². The van der Waals surface area contributed by atoms with Crippen molar-refractivity contribution >= 4 is 5.91 Å². The lowest BCUT2D eigenvalue weighted by atomic mass is 10.00. The van der Waals surface area contributed by atoms with Crippen molar-refractivity contribution in [3.05, 3.63) is 29.3 Å². The second-order valence-electron chi connectivity index (χ2n) is 4.90. The fourth-order valence-corrected chi connectivity index (χ4v) is 2.08. The van der Waals surface area contributed by atoms with E-state index in [1.54, 1.807) is 12.1 Å². The van der Waals surface area contributed by atoms with Crippen molar-refractivity contribution in [2.24, 2.45) is 0 Å². The minimum Gasteiger partial charge on any atom is -0.491 e. The molecule has 0 atom stereocenters. The first-order valence-electron chi connectivity index (χ1n) is 6.33. The zero-order valence-corrected chi connectivity index (χ0v) is 11.0. The zero-order chi connectivity index (χ0) is 14.0. The maximum absolute atomic E-state index is 12.5. The van der Waals surface area contributed by atoms with Gasteiger partial charge in [0.05, 0.1) is 18.7 Å². The van der Waals surface area contributed by atoms with E-state index in [1.807, 2.05) is 19.9 Å². The molecule has 0 saturated carbocycles. The largest absolute Gasteiger partial charge is 0.491 e. The molecule has 1 aliphatic rings. The van der Waals surface area contributed by atoms with Crippen molar-refractivity contribution in [1.29, 1.82) is 0 Å². The minimum absolute atomic E-state index is 0.189. The van der Waals surface area contributed by atoms with E-state index in [1.165, 1.54) is 0 Å². The minimum atomic E-state index is -2.53. The third-order valence-electron chi connectivity index (χ3n) is 3.17. The van der Waals surface area contributed by atoms with Gasteiger partial charge in [0.2, 0.25) is 0 Å². The van der Waals surface area contributed by atoms with Gasteiger partial charge in [0.25, 0.3) is 12.3 Å². The fourth-order valence-electron chi connectivity index (χ4n) is 2.08. The summed E-state index contributed by atoms with van der Waals surface area (Å²) in [4.78, 5) is 13.4. The lowest BCUT2D eigenvalue weighted by Crippen LogP contribution is -2.36. The highest BCUT2D eigenvalue weighted by molar-refractivity contribution is 5.97. The van der Waals surface area contributed by atoms with Crippen molar-refractivity contribution in [3.8, 4) is 5.75 Å². The van der Waals surface area contributed by atoms with E-state index in [0.717, 1.165) is 10.5 Å². The Morgan fingerprint density at radius 3 is 2.74 bits per heavy atom. The van der Waals surface area contributed by atoms with E-state index in [-0.39, 0.29) is 25.0 Å². The summed E-state index contributed by atoms with van der Waals surface area (Å²) in [7, 11) is 0. The molecular formula is C14H17F2NO2. The molecule has 1 heterocycles. The predicted octanol–water partition coefficient (Wildman–Crippen LogP) is 2.91. The summed E-state index contributed by atoms with van der Waals surface area (Å²) in [6.07, 6.45) is -2.53. The van der Waals surface area contributed by atoms with E-state index in [2.05, 4.69) is 0 Å². The Balaban J connectivity index is 2.34. The molecule has 0 bridgehead atoms. The maximum Gasteiger partial charge on any atom is 0.257 e. The molecule has 0 aliphatic carbocycles. The van der Waals surface area contributed by atoms with Gasteiger partial charge in [-0.05, 0) is 23.6 Å². The highest BCUT2D eigenvalue weighted by atomic mass is 19.3. The average Bonchev–Trinajstić information content (AvgIpc) is 2.49. The molecule has 1 amide bonds. The van der Waals surface area contributed by atoms with Crippen LogP contribution in [0.1, 0.15) is 35.7 Å². The second kappa shape index (κ2) is 5.55. The van der Waals surface area contributed by atoms with Gasteiger partial charge in [-0.15, -0.1) is 0 Å². The number of amides is 1. The van der Waals surface area contributed by atoms with Gasteiger partial charge >= 0.3 is 0 Å². The Morgan fingerprint density at radius 1 is 1.37 bits per heavy atom. The molecule has 0 radical (unpaired) electrons. The Kier molecular flexibility index (Phi) is 4.02. The first-order valence-corrected chi connectivity index (χ1v) is 6.33. The van der Waals surface area contributed by atoms with Gasteiger partial charge in [0.1, 0.15) is 12.4 Å². The van der Waals surface area contributed by atoms with Crippen molar-refractivity contribution in [3.63, 3.8) is 0 Å². The van der Waals surface area contributed by atoms with E-state index in [0.29, 0.717) is 11.3 Å². The number of carbonyl (C=O) groups excluding carboxylic acids is 1. The molecule has 0 fully saturated rings. The van der Waals surface area contributed by atoms with Crippen LogP contribution in [0.3, 0.4) is 0 Å². The van der Waals surface area contributed by atoms with Gasteiger partial charge in [-0.3, -0.25) is 4.79 Å². The van der Waals surface area contributed by atoms with Crippen LogP contribution in [0, 0.1) is 0 Å². The number of alkyl halides is 2. The zero-order valence-electron chi connectivity index (χ0n) is 11.0. The van der Waals surface area contributed by atoms with Gasteiger partial charge in [0, 0.05) is 0 Å². The second-order valence-corrected chi connectivity index (χ2v) is 4.90. The molecular weight excluding hydrogens is 252 g/mol. The molecule has 1 aromatic carbocycles. The first-order chi connectivity index (χ1) is 8.99. The summed E-state index contributed by atoms with van der Waals surface area (Å²) in [6.45, 7) is 3.91. The third kappa shape index (κ3) is 3.03. The van der Waals surface area contributed by atoms with Crippen LogP contribution in [0.2, 0.25) is 0 Å². The van der Waals surface area contributed by atoms with Crippen molar-refractivity contribution in [2.45, 2.75) is 26.2 Å². The van der Waals surface area contributed by atoms with Crippen LogP contribution < -0.4 is 4.74 Å². The molecule has 104 valence electrons. The van der Waals surface area contributed by atoms with Gasteiger partial charge in [-0.1, -0.05) is 19.9 Å². The van der Waals surface area contributed by atoms with Gasteiger partial charge in [0.15, 0.2) is 0 Å². The molecule has 0 unspecified atom stereocenters. The molecule has 0 spiro atoms. The standard InChI is InChI=1S/C14H17F2NO2/c1-9(2)10-3-4-12-11(7-10)14(18)17(5-6-19-12)8-13(15)16/h3-4,7,9,13H,5-6,8H2,1-2H3. The molecule has 1 aromatic rings. The number of nitrogens with zero attached hydrogens (tertiary/aromatic N) is 1. The van der Waals surface area contributed by atoms with Crippen LogP contribution in [-0.2, 0) is 0 Å². The van der Waals surface area contributed by atoms with Gasteiger partial charge < -0.3 is 9.64 Å². The van der Waals surface area contributed by atoms with Crippen LogP contribution in [0.15, 0.2) is 18.2 Å². The Bertz CT molecular complexity index is 475. The molecule has 19 heavy (non-hydrogen) atoms. The summed E-state index contributed by atoms with van der Waals surface area (Å²) in [5, 5.41) is 0. The highest BCUT2D eigenvalue weighted by Gasteiger charge is 2.26. The molecule has 0 aromatic heterocycles.